The maximum atomic E-state index is 6.44. The first-order valence-corrected chi connectivity index (χ1v) is 11.2. The molecule has 1 aromatic heterocycles. The Morgan fingerprint density at radius 2 is 1.57 bits per heavy atom. The molecule has 1 aliphatic rings. The third-order valence-corrected chi connectivity index (χ3v) is 8.86. The Kier molecular flexibility index (Phi) is 3.22. The first kappa shape index (κ1) is 14.7. The summed E-state index contributed by atoms with van der Waals surface area (Å²) in [5.74, 6) is 0. The number of halogens is 1. The average molecular weight is 336 g/mol. The molecule has 2 heterocycles. The van der Waals surface area contributed by atoms with Gasteiger partial charge in [0, 0.05) is 6.20 Å². The van der Waals surface area contributed by atoms with E-state index in [9.17, 15) is 0 Å². The molecule has 1 aliphatic heterocycles. The molecule has 114 valence electrons. The van der Waals surface area contributed by atoms with E-state index in [2.05, 4.69) is 73.5 Å². The molecule has 0 atom stereocenters. The number of aryl methyl sites for hydroxylation is 1. The molecular formula is C20H18ClNSi. The normalized spacial score (nSPS) is 14.4. The van der Waals surface area contributed by atoms with E-state index in [0.29, 0.717) is 5.15 Å². The van der Waals surface area contributed by atoms with Crippen LogP contribution in [0.3, 0.4) is 0 Å². The van der Waals surface area contributed by atoms with Gasteiger partial charge in [-0.05, 0) is 45.6 Å². The molecule has 2 aromatic carbocycles. The molecule has 0 N–H and O–H groups in total. The quantitative estimate of drug-likeness (QED) is 0.471. The topological polar surface area (TPSA) is 12.9 Å². The average Bonchev–Trinajstić information content (AvgIpc) is 2.77. The van der Waals surface area contributed by atoms with Gasteiger partial charge >= 0.3 is 0 Å². The molecule has 0 saturated heterocycles. The van der Waals surface area contributed by atoms with Gasteiger partial charge in [-0.25, -0.2) is 4.98 Å². The fourth-order valence-electron chi connectivity index (χ4n) is 3.61. The summed E-state index contributed by atoms with van der Waals surface area (Å²) in [6.07, 6.45) is 1.81. The van der Waals surface area contributed by atoms with Crippen LogP contribution < -0.4 is 10.4 Å². The number of hydrogen-bond donors (Lipinski definition) is 0. The van der Waals surface area contributed by atoms with Gasteiger partial charge in [0.25, 0.3) is 0 Å². The van der Waals surface area contributed by atoms with Crippen molar-refractivity contribution in [3.63, 3.8) is 0 Å². The zero-order valence-electron chi connectivity index (χ0n) is 13.5. The smallest absolute Gasteiger partial charge is 0.129 e. The van der Waals surface area contributed by atoms with E-state index in [0.717, 1.165) is 0 Å². The second-order valence-electron chi connectivity index (χ2n) is 6.78. The van der Waals surface area contributed by atoms with Crippen molar-refractivity contribution in [2.45, 2.75) is 20.0 Å². The molecule has 0 amide bonds. The molecule has 0 saturated carbocycles. The maximum Gasteiger partial charge on any atom is 0.129 e. The number of aromatic nitrogens is 1. The zero-order chi connectivity index (χ0) is 16.2. The molecule has 0 bridgehead atoms. The second-order valence-corrected chi connectivity index (χ2v) is 11.4. The Bertz CT molecular complexity index is 913. The van der Waals surface area contributed by atoms with Crippen molar-refractivity contribution in [1.29, 1.82) is 0 Å². The summed E-state index contributed by atoms with van der Waals surface area (Å²) in [7, 11) is -1.80. The lowest BCUT2D eigenvalue weighted by molar-refractivity contribution is 1.35. The van der Waals surface area contributed by atoms with Crippen LogP contribution in [0.5, 0.6) is 0 Å². The number of pyridine rings is 1. The molecule has 0 fully saturated rings. The highest BCUT2D eigenvalue weighted by Gasteiger charge is 2.39. The number of hydrogen-bond acceptors (Lipinski definition) is 1. The van der Waals surface area contributed by atoms with Crippen LogP contribution in [0.2, 0.25) is 18.2 Å². The van der Waals surface area contributed by atoms with Crippen LogP contribution in [0, 0.1) is 6.92 Å². The molecule has 1 nitrogen and oxygen atoms in total. The number of fused-ring (bicyclic) bond motifs is 3. The van der Waals surface area contributed by atoms with Crippen molar-refractivity contribution in [3.8, 4) is 22.3 Å². The van der Waals surface area contributed by atoms with E-state index in [-0.39, 0.29) is 0 Å². The molecule has 4 rings (SSSR count). The molecular weight excluding hydrogens is 318 g/mol. The number of rotatable bonds is 1. The maximum absolute atomic E-state index is 6.44. The minimum absolute atomic E-state index is 0.673. The largest absolute Gasteiger partial charge is 0.245 e. The minimum atomic E-state index is -1.80. The fraction of sp³-hybridized carbons (Fsp3) is 0.150. The Morgan fingerprint density at radius 3 is 2.30 bits per heavy atom. The van der Waals surface area contributed by atoms with Gasteiger partial charge in [-0.1, -0.05) is 72.7 Å². The first-order chi connectivity index (χ1) is 11.0. The SMILES string of the molecule is Cc1ccc(-c2ccc3c(c2)[Si](C)(C)c2c-3ccnc2Cl)cc1. The van der Waals surface area contributed by atoms with Crippen LogP contribution in [0.4, 0.5) is 0 Å². The van der Waals surface area contributed by atoms with Gasteiger partial charge in [-0.15, -0.1) is 0 Å². The third-order valence-electron chi connectivity index (χ3n) is 4.90. The van der Waals surface area contributed by atoms with Gasteiger partial charge in [0.05, 0.1) is 0 Å². The summed E-state index contributed by atoms with van der Waals surface area (Å²) in [5.41, 5.74) is 6.43. The summed E-state index contributed by atoms with van der Waals surface area (Å²) < 4.78 is 0. The molecule has 0 radical (unpaired) electrons. The van der Waals surface area contributed by atoms with Crippen LogP contribution >= 0.6 is 11.6 Å². The predicted molar refractivity (Wildman–Crippen MR) is 102 cm³/mol. The standard InChI is InChI=1S/C20H18ClNSi/c1-13-4-6-14(7-5-13)15-8-9-16-17-10-11-22-20(21)19(17)23(2,3)18(16)12-15/h4-12H,1-3H3. The van der Waals surface area contributed by atoms with E-state index in [1.165, 1.54) is 38.2 Å². The van der Waals surface area contributed by atoms with Crippen LogP contribution in [-0.2, 0) is 0 Å². The lowest BCUT2D eigenvalue weighted by Gasteiger charge is -2.20. The van der Waals surface area contributed by atoms with E-state index < -0.39 is 8.07 Å². The van der Waals surface area contributed by atoms with E-state index in [4.69, 9.17) is 11.6 Å². The summed E-state index contributed by atoms with van der Waals surface area (Å²) in [6.45, 7) is 6.85. The van der Waals surface area contributed by atoms with Crippen molar-refractivity contribution in [1.82, 2.24) is 4.98 Å². The second kappa shape index (κ2) is 5.05. The van der Waals surface area contributed by atoms with Crippen molar-refractivity contribution in [2.24, 2.45) is 0 Å². The van der Waals surface area contributed by atoms with Crippen LogP contribution in [0.1, 0.15) is 5.56 Å². The summed E-state index contributed by atoms with van der Waals surface area (Å²) in [6, 6.07) is 17.7. The molecule has 0 aliphatic carbocycles. The van der Waals surface area contributed by atoms with Crippen molar-refractivity contribution in [3.05, 3.63) is 65.4 Å². The minimum Gasteiger partial charge on any atom is -0.245 e. The number of benzene rings is 2. The third kappa shape index (κ3) is 2.17. The van der Waals surface area contributed by atoms with Gasteiger partial charge in [0.1, 0.15) is 13.2 Å². The molecule has 0 unspecified atom stereocenters. The molecule has 0 spiro atoms. The zero-order valence-corrected chi connectivity index (χ0v) is 15.3. The molecule has 3 heteroatoms. The van der Waals surface area contributed by atoms with Crippen LogP contribution in [0.25, 0.3) is 22.3 Å². The lowest BCUT2D eigenvalue weighted by atomic mass is 10.0. The Hall–Kier alpha value is -1.90. The van der Waals surface area contributed by atoms with E-state index in [1.54, 1.807) is 0 Å². The van der Waals surface area contributed by atoms with Gasteiger partial charge in [-0.3, -0.25) is 0 Å². The fourth-order valence-corrected chi connectivity index (χ4v) is 7.63. The van der Waals surface area contributed by atoms with Gasteiger partial charge in [0.2, 0.25) is 0 Å². The Morgan fingerprint density at radius 1 is 0.870 bits per heavy atom. The summed E-state index contributed by atoms with van der Waals surface area (Å²) >= 11 is 6.44. The van der Waals surface area contributed by atoms with Crippen molar-refractivity contribution >= 4 is 30.0 Å². The Balaban J connectivity index is 1.92. The Labute approximate surface area is 143 Å². The predicted octanol–water partition coefficient (Wildman–Crippen LogP) is 4.51. The first-order valence-electron chi connectivity index (χ1n) is 7.85. The summed E-state index contributed by atoms with van der Waals surface area (Å²) in [5, 5.41) is 3.41. The monoisotopic (exact) mass is 335 g/mol. The van der Waals surface area contributed by atoms with Gasteiger partial charge in [0.15, 0.2) is 0 Å². The highest BCUT2D eigenvalue weighted by atomic mass is 35.5. The van der Waals surface area contributed by atoms with Crippen LogP contribution in [-0.4, -0.2) is 13.1 Å². The highest BCUT2D eigenvalue weighted by Crippen LogP contribution is 2.32. The van der Waals surface area contributed by atoms with Crippen molar-refractivity contribution in [2.75, 3.05) is 0 Å². The van der Waals surface area contributed by atoms with Crippen LogP contribution in [0.15, 0.2) is 54.7 Å². The molecule has 23 heavy (non-hydrogen) atoms. The number of nitrogens with zero attached hydrogens (tertiary/aromatic N) is 1. The van der Waals surface area contributed by atoms with E-state index in [1.807, 2.05) is 6.20 Å². The van der Waals surface area contributed by atoms with E-state index >= 15 is 0 Å². The van der Waals surface area contributed by atoms with Gasteiger partial charge in [-0.2, -0.15) is 0 Å². The molecule has 3 aromatic rings. The highest BCUT2D eigenvalue weighted by molar-refractivity contribution is 7.04. The lowest BCUT2D eigenvalue weighted by Crippen LogP contribution is -2.50. The van der Waals surface area contributed by atoms with Crippen molar-refractivity contribution < 1.29 is 0 Å². The summed E-state index contributed by atoms with van der Waals surface area (Å²) in [4.78, 5) is 4.32. The van der Waals surface area contributed by atoms with Gasteiger partial charge < -0.3 is 0 Å².